The standard InChI is InChI=1S/C26H37N3O4S/c1-7-8-15-27-26(31)22(5)28(17-23-14-9-11-19(2)16-23)24(30)18-29(34(6,32)33)25-20(3)12-10-13-21(25)4/h9-14,16,22H,7-8,15,17-18H2,1-6H3,(H,27,31). The van der Waals surface area contributed by atoms with Crippen LogP contribution in [0.4, 0.5) is 5.69 Å². The van der Waals surface area contributed by atoms with Crippen LogP contribution in [0.5, 0.6) is 0 Å². The van der Waals surface area contributed by atoms with Crippen molar-refractivity contribution >= 4 is 27.5 Å². The molecule has 1 atom stereocenters. The third-order valence-corrected chi connectivity index (χ3v) is 6.91. The topological polar surface area (TPSA) is 86.8 Å². The maximum Gasteiger partial charge on any atom is 0.244 e. The maximum atomic E-state index is 13.6. The first-order valence-corrected chi connectivity index (χ1v) is 13.5. The first kappa shape index (κ1) is 27.4. The normalized spacial score (nSPS) is 12.2. The second-order valence-electron chi connectivity index (χ2n) is 8.84. The Morgan fingerprint density at radius 2 is 1.65 bits per heavy atom. The zero-order valence-electron chi connectivity index (χ0n) is 21.1. The Morgan fingerprint density at radius 1 is 1.03 bits per heavy atom. The van der Waals surface area contributed by atoms with Gasteiger partial charge in [0.15, 0.2) is 0 Å². The molecule has 2 rings (SSSR count). The molecular weight excluding hydrogens is 450 g/mol. The van der Waals surface area contributed by atoms with Gasteiger partial charge in [-0.2, -0.15) is 0 Å². The maximum absolute atomic E-state index is 13.6. The molecule has 8 heteroatoms. The minimum Gasteiger partial charge on any atom is -0.354 e. The Balaban J connectivity index is 2.41. The van der Waals surface area contributed by atoms with E-state index in [1.165, 1.54) is 4.90 Å². The molecule has 7 nitrogen and oxygen atoms in total. The highest BCUT2D eigenvalue weighted by atomic mass is 32.2. The molecule has 0 aromatic heterocycles. The number of carbonyl (C=O) groups excluding carboxylic acids is 2. The SMILES string of the molecule is CCCCNC(=O)C(C)N(Cc1cccc(C)c1)C(=O)CN(c1c(C)cccc1C)S(C)(=O)=O. The third kappa shape index (κ3) is 7.32. The predicted molar refractivity (Wildman–Crippen MR) is 137 cm³/mol. The number of nitrogens with zero attached hydrogens (tertiary/aromatic N) is 2. The van der Waals surface area contributed by atoms with E-state index in [0.29, 0.717) is 12.2 Å². The van der Waals surface area contributed by atoms with Gasteiger partial charge in [0, 0.05) is 13.1 Å². The number of para-hydroxylation sites is 1. The van der Waals surface area contributed by atoms with E-state index < -0.39 is 22.0 Å². The van der Waals surface area contributed by atoms with Crippen LogP contribution < -0.4 is 9.62 Å². The third-order valence-electron chi connectivity index (χ3n) is 5.80. The molecule has 0 saturated carbocycles. The quantitative estimate of drug-likeness (QED) is 0.490. The van der Waals surface area contributed by atoms with Gasteiger partial charge in [-0.1, -0.05) is 61.4 Å². The Kier molecular flexibility index (Phi) is 9.67. The summed E-state index contributed by atoms with van der Waals surface area (Å²) in [5.74, 6) is -0.694. The van der Waals surface area contributed by atoms with Gasteiger partial charge >= 0.3 is 0 Å². The van der Waals surface area contributed by atoms with E-state index in [4.69, 9.17) is 0 Å². The minimum absolute atomic E-state index is 0.202. The number of anilines is 1. The zero-order chi connectivity index (χ0) is 25.5. The molecule has 2 aromatic rings. The van der Waals surface area contributed by atoms with Gasteiger partial charge in [0.1, 0.15) is 12.6 Å². The summed E-state index contributed by atoms with van der Waals surface area (Å²) in [4.78, 5) is 27.9. The Hall–Kier alpha value is -2.87. The number of hydrogen-bond donors (Lipinski definition) is 1. The summed E-state index contributed by atoms with van der Waals surface area (Å²) in [7, 11) is -3.75. The monoisotopic (exact) mass is 487 g/mol. The van der Waals surface area contributed by atoms with E-state index in [2.05, 4.69) is 5.32 Å². The minimum atomic E-state index is -3.75. The molecule has 0 aliphatic heterocycles. The van der Waals surface area contributed by atoms with Crippen molar-refractivity contribution in [1.82, 2.24) is 10.2 Å². The molecule has 0 radical (unpaired) electrons. The number of nitrogens with one attached hydrogen (secondary N) is 1. The largest absolute Gasteiger partial charge is 0.354 e. The lowest BCUT2D eigenvalue weighted by Gasteiger charge is -2.32. The van der Waals surface area contributed by atoms with Crippen LogP contribution in [0.15, 0.2) is 42.5 Å². The molecule has 0 heterocycles. The number of carbonyl (C=O) groups is 2. The molecule has 0 aliphatic carbocycles. The van der Waals surface area contributed by atoms with E-state index in [-0.39, 0.29) is 19.0 Å². The smallest absolute Gasteiger partial charge is 0.244 e. The average Bonchev–Trinajstić information content (AvgIpc) is 2.75. The van der Waals surface area contributed by atoms with Gasteiger partial charge in [0.05, 0.1) is 11.9 Å². The molecule has 1 N–H and O–H groups in total. The van der Waals surface area contributed by atoms with Crippen LogP contribution in [0.2, 0.25) is 0 Å². The molecule has 2 amide bonds. The molecule has 0 spiro atoms. The molecule has 0 bridgehead atoms. The number of benzene rings is 2. The van der Waals surface area contributed by atoms with Gasteiger partial charge in [0.25, 0.3) is 0 Å². The van der Waals surface area contributed by atoms with Crippen LogP contribution in [0, 0.1) is 20.8 Å². The van der Waals surface area contributed by atoms with E-state index in [1.54, 1.807) is 6.92 Å². The van der Waals surface area contributed by atoms with Gasteiger partial charge in [0.2, 0.25) is 21.8 Å². The molecule has 0 aliphatic rings. The van der Waals surface area contributed by atoms with Crippen molar-refractivity contribution in [2.24, 2.45) is 0 Å². The van der Waals surface area contributed by atoms with E-state index in [9.17, 15) is 18.0 Å². The molecule has 34 heavy (non-hydrogen) atoms. The van der Waals surface area contributed by atoms with E-state index in [0.717, 1.165) is 45.7 Å². The molecule has 0 fully saturated rings. The molecule has 0 saturated heterocycles. The summed E-state index contributed by atoms with van der Waals surface area (Å²) >= 11 is 0. The van der Waals surface area contributed by atoms with Gasteiger partial charge in [-0.15, -0.1) is 0 Å². The van der Waals surface area contributed by atoms with Crippen molar-refractivity contribution in [3.8, 4) is 0 Å². The number of hydrogen-bond acceptors (Lipinski definition) is 4. The van der Waals surface area contributed by atoms with Gasteiger partial charge in [-0.25, -0.2) is 8.42 Å². The van der Waals surface area contributed by atoms with Crippen LogP contribution >= 0.6 is 0 Å². The van der Waals surface area contributed by atoms with Crippen LogP contribution in [0.1, 0.15) is 48.9 Å². The summed E-state index contributed by atoms with van der Waals surface area (Å²) in [6.45, 7) is 9.66. The van der Waals surface area contributed by atoms with Crippen molar-refractivity contribution in [3.05, 3.63) is 64.7 Å². The lowest BCUT2D eigenvalue weighted by molar-refractivity contribution is -0.139. The number of amides is 2. The average molecular weight is 488 g/mol. The fourth-order valence-electron chi connectivity index (χ4n) is 3.90. The predicted octanol–water partition coefficient (Wildman–Crippen LogP) is 3.71. The summed E-state index contributed by atoms with van der Waals surface area (Å²) in [5, 5.41) is 2.88. The lowest BCUT2D eigenvalue weighted by atomic mass is 10.1. The first-order valence-electron chi connectivity index (χ1n) is 11.6. The Morgan fingerprint density at radius 3 is 2.21 bits per heavy atom. The summed E-state index contributed by atoms with van der Waals surface area (Å²) in [5.41, 5.74) is 3.93. The van der Waals surface area contributed by atoms with Gasteiger partial charge in [-0.05, 0) is 50.8 Å². The van der Waals surface area contributed by atoms with E-state index in [1.807, 2.05) is 70.2 Å². The molecular formula is C26H37N3O4S. The second kappa shape index (κ2) is 12.0. The van der Waals surface area contributed by atoms with Crippen molar-refractivity contribution < 1.29 is 18.0 Å². The number of aryl methyl sites for hydroxylation is 3. The van der Waals surface area contributed by atoms with Crippen molar-refractivity contribution in [2.45, 2.75) is 60.0 Å². The van der Waals surface area contributed by atoms with E-state index >= 15 is 0 Å². The molecule has 2 aromatic carbocycles. The fraction of sp³-hybridized carbons (Fsp3) is 0.462. The highest BCUT2D eigenvalue weighted by Crippen LogP contribution is 2.27. The number of unbranched alkanes of at least 4 members (excludes halogenated alkanes) is 1. The van der Waals surface area contributed by atoms with Crippen LogP contribution in [-0.4, -0.2) is 50.5 Å². The Labute approximate surface area is 204 Å². The second-order valence-corrected chi connectivity index (χ2v) is 10.7. The van der Waals surface area contributed by atoms with Gasteiger partial charge in [-0.3, -0.25) is 13.9 Å². The molecule has 1 unspecified atom stereocenters. The van der Waals surface area contributed by atoms with Crippen LogP contribution in [0.25, 0.3) is 0 Å². The highest BCUT2D eigenvalue weighted by molar-refractivity contribution is 7.92. The van der Waals surface area contributed by atoms with Crippen molar-refractivity contribution in [2.75, 3.05) is 23.7 Å². The Bertz CT molecular complexity index is 1090. The number of sulfonamides is 1. The fourth-order valence-corrected chi connectivity index (χ4v) is 4.87. The zero-order valence-corrected chi connectivity index (χ0v) is 21.9. The summed E-state index contributed by atoms with van der Waals surface area (Å²) in [6.07, 6.45) is 2.89. The summed E-state index contributed by atoms with van der Waals surface area (Å²) < 4.78 is 26.6. The highest BCUT2D eigenvalue weighted by Gasteiger charge is 2.31. The lowest BCUT2D eigenvalue weighted by Crippen LogP contribution is -2.51. The number of rotatable bonds is 11. The van der Waals surface area contributed by atoms with Crippen LogP contribution in [-0.2, 0) is 26.2 Å². The van der Waals surface area contributed by atoms with Crippen LogP contribution in [0.3, 0.4) is 0 Å². The van der Waals surface area contributed by atoms with Gasteiger partial charge < -0.3 is 10.2 Å². The summed E-state index contributed by atoms with van der Waals surface area (Å²) in [6, 6.07) is 12.4. The van der Waals surface area contributed by atoms with Crippen molar-refractivity contribution in [1.29, 1.82) is 0 Å². The van der Waals surface area contributed by atoms with Crippen molar-refractivity contribution in [3.63, 3.8) is 0 Å². The first-order chi connectivity index (χ1) is 16.0. The molecule has 186 valence electrons.